The number of nitrogens with one attached hydrogen (secondary N) is 1. The molecule has 2 aliphatic rings. The van der Waals surface area contributed by atoms with E-state index in [1.165, 1.54) is 11.1 Å². The lowest BCUT2D eigenvalue weighted by molar-refractivity contribution is -0.0799. The highest BCUT2D eigenvalue weighted by Gasteiger charge is 2.45. The van der Waals surface area contributed by atoms with E-state index in [4.69, 9.17) is 4.74 Å². The van der Waals surface area contributed by atoms with E-state index in [0.717, 1.165) is 31.5 Å². The van der Waals surface area contributed by atoms with Crippen LogP contribution in [-0.2, 0) is 10.3 Å². The molecule has 3 heterocycles. The van der Waals surface area contributed by atoms with E-state index in [0.29, 0.717) is 0 Å². The maximum absolute atomic E-state index is 6.57. The number of piperidine rings is 1. The molecule has 0 bridgehead atoms. The van der Waals surface area contributed by atoms with Crippen molar-refractivity contribution in [1.29, 1.82) is 0 Å². The Morgan fingerprint density at radius 2 is 1.95 bits per heavy atom. The molecular weight excluding hydrogens is 248 g/mol. The summed E-state index contributed by atoms with van der Waals surface area (Å²) in [4.78, 5) is 4.24. The minimum Gasteiger partial charge on any atom is -0.357 e. The molecule has 1 N–H and O–H groups in total. The van der Waals surface area contributed by atoms with Gasteiger partial charge >= 0.3 is 0 Å². The van der Waals surface area contributed by atoms with Gasteiger partial charge in [0, 0.05) is 18.0 Å². The molecule has 2 aliphatic heterocycles. The summed E-state index contributed by atoms with van der Waals surface area (Å²) in [6.07, 6.45) is 5.84. The van der Waals surface area contributed by atoms with Crippen LogP contribution in [0, 0.1) is 0 Å². The zero-order valence-corrected chi connectivity index (χ0v) is 11.4. The number of hydrogen-bond acceptors (Lipinski definition) is 3. The van der Waals surface area contributed by atoms with Crippen molar-refractivity contribution in [1.82, 2.24) is 10.3 Å². The van der Waals surface area contributed by atoms with E-state index >= 15 is 0 Å². The first kappa shape index (κ1) is 12.1. The second-order valence-corrected chi connectivity index (χ2v) is 5.62. The van der Waals surface area contributed by atoms with Gasteiger partial charge < -0.3 is 10.1 Å². The van der Waals surface area contributed by atoms with Gasteiger partial charge in [0.25, 0.3) is 0 Å². The van der Waals surface area contributed by atoms with Crippen molar-refractivity contribution in [2.75, 3.05) is 13.1 Å². The third kappa shape index (κ3) is 1.78. The van der Waals surface area contributed by atoms with Gasteiger partial charge in [-0.2, -0.15) is 0 Å². The van der Waals surface area contributed by atoms with Crippen LogP contribution in [0.1, 0.15) is 35.6 Å². The third-order valence-electron chi connectivity index (χ3n) is 4.48. The van der Waals surface area contributed by atoms with Crippen LogP contribution in [0.5, 0.6) is 0 Å². The summed E-state index contributed by atoms with van der Waals surface area (Å²) in [6.45, 7) is 2.04. The molecule has 3 heteroatoms. The van der Waals surface area contributed by atoms with Gasteiger partial charge in [0.2, 0.25) is 0 Å². The van der Waals surface area contributed by atoms with Gasteiger partial charge in [-0.05, 0) is 43.1 Å². The first-order valence-electron chi connectivity index (χ1n) is 7.27. The van der Waals surface area contributed by atoms with Gasteiger partial charge in [-0.25, -0.2) is 0 Å². The lowest BCUT2D eigenvalue weighted by Gasteiger charge is -2.34. The number of rotatable bonds is 1. The van der Waals surface area contributed by atoms with Gasteiger partial charge in [-0.1, -0.05) is 30.3 Å². The Morgan fingerprint density at radius 1 is 1.10 bits per heavy atom. The fraction of sp³-hybridized carbons (Fsp3) is 0.353. The summed E-state index contributed by atoms with van der Waals surface area (Å²) in [5.74, 6) is 0. The zero-order valence-electron chi connectivity index (χ0n) is 11.4. The number of benzene rings is 1. The van der Waals surface area contributed by atoms with Gasteiger partial charge in [0.15, 0.2) is 0 Å². The summed E-state index contributed by atoms with van der Waals surface area (Å²) in [5.41, 5.74) is 3.72. The largest absolute Gasteiger partial charge is 0.357 e. The molecule has 1 atom stereocenters. The van der Waals surface area contributed by atoms with Gasteiger partial charge in [-0.3, -0.25) is 4.98 Å². The average molecular weight is 266 g/mol. The molecule has 1 aromatic heterocycles. The highest BCUT2D eigenvalue weighted by molar-refractivity contribution is 5.43. The second kappa shape index (κ2) is 4.69. The van der Waals surface area contributed by atoms with Crippen molar-refractivity contribution in [3.05, 3.63) is 65.5 Å². The Morgan fingerprint density at radius 3 is 2.75 bits per heavy atom. The number of pyridine rings is 1. The van der Waals surface area contributed by atoms with Crippen molar-refractivity contribution in [2.45, 2.75) is 24.5 Å². The Kier molecular flexibility index (Phi) is 2.83. The lowest BCUT2D eigenvalue weighted by Crippen LogP contribution is -2.39. The van der Waals surface area contributed by atoms with Crippen LogP contribution in [0.4, 0.5) is 0 Å². The molecule has 1 aromatic carbocycles. The molecule has 102 valence electrons. The zero-order chi connectivity index (χ0) is 13.4. The quantitative estimate of drug-likeness (QED) is 0.862. The molecule has 1 unspecified atom stereocenters. The second-order valence-electron chi connectivity index (χ2n) is 5.62. The van der Waals surface area contributed by atoms with Crippen molar-refractivity contribution in [3.63, 3.8) is 0 Å². The molecule has 0 amide bonds. The monoisotopic (exact) mass is 266 g/mol. The van der Waals surface area contributed by atoms with Crippen molar-refractivity contribution in [3.8, 4) is 0 Å². The van der Waals surface area contributed by atoms with E-state index in [9.17, 15) is 0 Å². The molecule has 4 rings (SSSR count). The first-order valence-corrected chi connectivity index (χ1v) is 7.27. The normalized spacial score (nSPS) is 23.7. The molecular formula is C17H18N2O. The van der Waals surface area contributed by atoms with Crippen LogP contribution < -0.4 is 5.32 Å². The number of nitrogens with zero attached hydrogens (tertiary/aromatic N) is 1. The molecule has 0 aliphatic carbocycles. The van der Waals surface area contributed by atoms with E-state index < -0.39 is 0 Å². The molecule has 20 heavy (non-hydrogen) atoms. The first-order chi connectivity index (χ1) is 9.89. The highest BCUT2D eigenvalue weighted by Crippen LogP contribution is 2.50. The molecule has 1 fully saturated rings. The summed E-state index contributed by atoms with van der Waals surface area (Å²) < 4.78 is 6.57. The Balaban J connectivity index is 1.81. The fourth-order valence-electron chi connectivity index (χ4n) is 3.49. The molecule has 1 saturated heterocycles. The lowest BCUT2D eigenvalue weighted by atomic mass is 9.84. The summed E-state index contributed by atoms with van der Waals surface area (Å²) >= 11 is 0. The molecule has 0 radical (unpaired) electrons. The number of aromatic nitrogens is 1. The van der Waals surface area contributed by atoms with Crippen LogP contribution in [-0.4, -0.2) is 18.1 Å². The van der Waals surface area contributed by atoms with Gasteiger partial charge in [-0.15, -0.1) is 0 Å². The topological polar surface area (TPSA) is 34.1 Å². The predicted octanol–water partition coefficient (Wildman–Crippen LogP) is 2.78. The highest BCUT2D eigenvalue weighted by atomic mass is 16.5. The van der Waals surface area contributed by atoms with Crippen LogP contribution in [0.2, 0.25) is 0 Å². The Labute approximate surface area is 119 Å². The summed E-state index contributed by atoms with van der Waals surface area (Å²) in [5, 5.41) is 3.43. The van der Waals surface area contributed by atoms with Crippen molar-refractivity contribution < 1.29 is 4.74 Å². The Hall–Kier alpha value is -1.71. The Bertz CT molecular complexity index is 605. The molecule has 1 spiro atoms. The van der Waals surface area contributed by atoms with E-state index in [1.54, 1.807) is 0 Å². The van der Waals surface area contributed by atoms with E-state index in [1.807, 2.05) is 18.5 Å². The minimum atomic E-state index is -0.109. The average Bonchev–Trinajstić information content (AvgIpc) is 2.84. The van der Waals surface area contributed by atoms with Crippen LogP contribution in [0.25, 0.3) is 0 Å². The molecule has 3 nitrogen and oxygen atoms in total. The van der Waals surface area contributed by atoms with Gasteiger partial charge in [0.1, 0.15) is 6.10 Å². The van der Waals surface area contributed by atoms with E-state index in [2.05, 4.69) is 40.6 Å². The van der Waals surface area contributed by atoms with Crippen LogP contribution in [0.3, 0.4) is 0 Å². The van der Waals surface area contributed by atoms with Crippen molar-refractivity contribution >= 4 is 0 Å². The summed E-state index contributed by atoms with van der Waals surface area (Å²) in [6, 6.07) is 12.7. The number of hydrogen-bond donors (Lipinski definition) is 1. The number of ether oxygens (including phenoxy) is 1. The summed E-state index contributed by atoms with van der Waals surface area (Å²) in [7, 11) is 0. The van der Waals surface area contributed by atoms with Crippen LogP contribution >= 0.6 is 0 Å². The standard InChI is InChI=1S/C17H18N2O/c1-2-6-15-14(5-1)16(13-4-3-9-19-12-13)20-17(15)7-10-18-11-8-17/h1-6,9,12,16,18H,7-8,10-11H2. The smallest absolute Gasteiger partial charge is 0.111 e. The predicted molar refractivity (Wildman–Crippen MR) is 77.4 cm³/mol. The van der Waals surface area contributed by atoms with Crippen molar-refractivity contribution in [2.24, 2.45) is 0 Å². The molecule has 2 aromatic rings. The van der Waals surface area contributed by atoms with E-state index in [-0.39, 0.29) is 11.7 Å². The fourth-order valence-corrected chi connectivity index (χ4v) is 3.49. The van der Waals surface area contributed by atoms with Crippen LogP contribution in [0.15, 0.2) is 48.8 Å². The molecule has 0 saturated carbocycles. The van der Waals surface area contributed by atoms with Gasteiger partial charge in [0.05, 0.1) is 5.60 Å². The maximum Gasteiger partial charge on any atom is 0.111 e. The third-order valence-corrected chi connectivity index (χ3v) is 4.48. The number of fused-ring (bicyclic) bond motifs is 2. The maximum atomic E-state index is 6.57. The SMILES string of the molecule is c1cncc(C2OC3(CCNCC3)c3ccccc32)c1. The minimum absolute atomic E-state index is 0.0259.